The molecule has 1 aromatic rings. The van der Waals surface area contributed by atoms with Gasteiger partial charge in [-0.2, -0.15) is 0 Å². The van der Waals surface area contributed by atoms with Gasteiger partial charge in [-0.1, -0.05) is 13.8 Å². The van der Waals surface area contributed by atoms with Crippen LogP contribution in [-0.4, -0.2) is 43.5 Å². The molecule has 0 N–H and O–H groups in total. The van der Waals surface area contributed by atoms with Gasteiger partial charge in [-0.3, -0.25) is 9.69 Å². The lowest BCUT2D eigenvalue weighted by Gasteiger charge is -2.29. The Kier molecular flexibility index (Phi) is 7.28. The molecule has 3 nitrogen and oxygen atoms in total. The van der Waals surface area contributed by atoms with E-state index in [0.717, 1.165) is 24.3 Å². The van der Waals surface area contributed by atoms with Crippen molar-refractivity contribution in [3.8, 4) is 0 Å². The number of aryl methyl sites for hydroxylation is 1. The molecule has 0 aliphatic rings. The summed E-state index contributed by atoms with van der Waals surface area (Å²) in [6.07, 6.45) is 2.13. The third-order valence-corrected chi connectivity index (χ3v) is 4.45. The Hall–Kier alpha value is -0.710. The fraction of sp³-hybridized carbons (Fsp3) is 0.667. The molecule has 0 radical (unpaired) electrons. The lowest BCUT2D eigenvalue weighted by atomic mass is 10.1. The predicted molar refractivity (Wildman–Crippen MR) is 81.2 cm³/mol. The van der Waals surface area contributed by atoms with Crippen LogP contribution in [0.1, 0.15) is 41.2 Å². The molecule has 0 saturated heterocycles. The van der Waals surface area contributed by atoms with Crippen LogP contribution in [0.4, 0.5) is 0 Å². The SMILES string of the molecule is CCC(CC)N(CCOC)CC(=O)c1ccc(C)s1. The van der Waals surface area contributed by atoms with Crippen molar-refractivity contribution in [2.45, 2.75) is 39.7 Å². The Labute approximate surface area is 120 Å². The highest BCUT2D eigenvalue weighted by atomic mass is 32.1. The molecule has 0 amide bonds. The highest BCUT2D eigenvalue weighted by Crippen LogP contribution is 2.17. The summed E-state index contributed by atoms with van der Waals surface area (Å²) in [5.74, 6) is 0.223. The minimum atomic E-state index is 0.223. The quantitative estimate of drug-likeness (QED) is 0.651. The maximum atomic E-state index is 12.3. The van der Waals surface area contributed by atoms with E-state index >= 15 is 0 Å². The second kappa shape index (κ2) is 8.46. The van der Waals surface area contributed by atoms with E-state index in [1.54, 1.807) is 18.4 Å². The number of rotatable bonds is 9. The maximum absolute atomic E-state index is 12.3. The van der Waals surface area contributed by atoms with E-state index in [4.69, 9.17) is 4.74 Å². The lowest BCUT2D eigenvalue weighted by Crippen LogP contribution is -2.40. The Bertz CT molecular complexity index is 385. The van der Waals surface area contributed by atoms with Gasteiger partial charge in [0.15, 0.2) is 5.78 Å². The van der Waals surface area contributed by atoms with Crippen LogP contribution in [-0.2, 0) is 4.74 Å². The molecular weight excluding hydrogens is 258 g/mol. The summed E-state index contributed by atoms with van der Waals surface area (Å²) < 4.78 is 5.15. The Balaban J connectivity index is 2.67. The molecule has 19 heavy (non-hydrogen) atoms. The number of thiophene rings is 1. The third kappa shape index (κ3) is 5.05. The van der Waals surface area contributed by atoms with Crippen LogP contribution in [0.2, 0.25) is 0 Å². The first kappa shape index (κ1) is 16.3. The summed E-state index contributed by atoms with van der Waals surface area (Å²) in [5, 5.41) is 0. The van der Waals surface area contributed by atoms with Crippen LogP contribution in [0.3, 0.4) is 0 Å². The smallest absolute Gasteiger partial charge is 0.186 e. The van der Waals surface area contributed by atoms with Crippen LogP contribution >= 0.6 is 11.3 Å². The first-order valence-electron chi connectivity index (χ1n) is 6.94. The molecule has 0 fully saturated rings. The molecule has 1 heterocycles. The fourth-order valence-electron chi connectivity index (χ4n) is 2.25. The molecule has 1 aromatic heterocycles. The van der Waals surface area contributed by atoms with E-state index in [-0.39, 0.29) is 5.78 Å². The van der Waals surface area contributed by atoms with Gasteiger partial charge in [0.05, 0.1) is 18.0 Å². The van der Waals surface area contributed by atoms with Crippen molar-refractivity contribution in [1.82, 2.24) is 4.90 Å². The van der Waals surface area contributed by atoms with Gasteiger partial charge in [0.25, 0.3) is 0 Å². The number of methoxy groups -OCH3 is 1. The second-order valence-electron chi connectivity index (χ2n) is 4.77. The second-order valence-corrected chi connectivity index (χ2v) is 6.05. The van der Waals surface area contributed by atoms with Gasteiger partial charge < -0.3 is 4.74 Å². The van der Waals surface area contributed by atoms with Gasteiger partial charge in [0.2, 0.25) is 0 Å². The summed E-state index contributed by atoms with van der Waals surface area (Å²) in [6, 6.07) is 4.40. The van der Waals surface area contributed by atoms with E-state index in [9.17, 15) is 4.79 Å². The topological polar surface area (TPSA) is 29.5 Å². The molecule has 0 aromatic carbocycles. The number of ether oxygens (including phenoxy) is 1. The molecule has 0 bridgehead atoms. The zero-order valence-corrected chi connectivity index (χ0v) is 13.3. The summed E-state index contributed by atoms with van der Waals surface area (Å²) in [6.45, 7) is 8.37. The van der Waals surface area contributed by atoms with Crippen LogP contribution in [0, 0.1) is 6.92 Å². The molecule has 4 heteroatoms. The summed E-state index contributed by atoms with van der Waals surface area (Å²) >= 11 is 1.58. The average molecular weight is 283 g/mol. The van der Waals surface area contributed by atoms with Crippen LogP contribution in [0.15, 0.2) is 12.1 Å². The minimum absolute atomic E-state index is 0.223. The number of hydrogen-bond donors (Lipinski definition) is 0. The summed E-state index contributed by atoms with van der Waals surface area (Å²) in [5.41, 5.74) is 0. The first-order chi connectivity index (χ1) is 9.12. The van der Waals surface area contributed by atoms with E-state index in [1.807, 2.05) is 19.1 Å². The van der Waals surface area contributed by atoms with Crippen molar-refractivity contribution in [2.24, 2.45) is 0 Å². The predicted octanol–water partition coefficient (Wildman–Crippen LogP) is 3.38. The lowest BCUT2D eigenvalue weighted by molar-refractivity contribution is 0.0815. The third-order valence-electron chi connectivity index (χ3n) is 3.40. The van der Waals surface area contributed by atoms with Crippen molar-refractivity contribution in [1.29, 1.82) is 0 Å². The molecular formula is C15H25NO2S. The normalized spacial score (nSPS) is 11.5. The molecule has 108 valence electrons. The van der Waals surface area contributed by atoms with E-state index in [2.05, 4.69) is 18.7 Å². The number of nitrogens with zero attached hydrogens (tertiary/aromatic N) is 1. The minimum Gasteiger partial charge on any atom is -0.383 e. The molecule has 0 unspecified atom stereocenters. The Morgan fingerprint density at radius 3 is 2.53 bits per heavy atom. The van der Waals surface area contributed by atoms with Crippen molar-refractivity contribution in [3.63, 3.8) is 0 Å². The highest BCUT2D eigenvalue weighted by Gasteiger charge is 2.19. The van der Waals surface area contributed by atoms with Crippen molar-refractivity contribution in [2.75, 3.05) is 26.8 Å². The van der Waals surface area contributed by atoms with E-state index in [0.29, 0.717) is 19.2 Å². The highest BCUT2D eigenvalue weighted by molar-refractivity contribution is 7.14. The molecule has 0 aliphatic carbocycles. The van der Waals surface area contributed by atoms with Gasteiger partial charge in [0.1, 0.15) is 0 Å². The Morgan fingerprint density at radius 1 is 1.37 bits per heavy atom. The monoisotopic (exact) mass is 283 g/mol. The van der Waals surface area contributed by atoms with E-state index in [1.165, 1.54) is 4.88 Å². The van der Waals surface area contributed by atoms with Gasteiger partial charge in [0, 0.05) is 24.6 Å². The zero-order valence-electron chi connectivity index (χ0n) is 12.4. The number of carbonyl (C=O) groups excluding carboxylic acids is 1. The average Bonchev–Trinajstić information content (AvgIpc) is 2.83. The molecule has 0 aliphatic heterocycles. The van der Waals surface area contributed by atoms with Gasteiger partial charge in [-0.25, -0.2) is 0 Å². The van der Waals surface area contributed by atoms with Gasteiger partial charge in [-0.05, 0) is 31.9 Å². The molecule has 0 atom stereocenters. The van der Waals surface area contributed by atoms with Crippen LogP contribution < -0.4 is 0 Å². The summed E-state index contributed by atoms with van der Waals surface area (Å²) in [4.78, 5) is 16.6. The molecule has 0 saturated carbocycles. The van der Waals surface area contributed by atoms with Gasteiger partial charge >= 0.3 is 0 Å². The molecule has 0 spiro atoms. The largest absolute Gasteiger partial charge is 0.383 e. The summed E-state index contributed by atoms with van der Waals surface area (Å²) in [7, 11) is 1.70. The van der Waals surface area contributed by atoms with Crippen molar-refractivity contribution < 1.29 is 9.53 Å². The Morgan fingerprint density at radius 2 is 2.05 bits per heavy atom. The van der Waals surface area contributed by atoms with Crippen LogP contribution in [0.5, 0.6) is 0 Å². The van der Waals surface area contributed by atoms with Gasteiger partial charge in [-0.15, -0.1) is 11.3 Å². The van der Waals surface area contributed by atoms with Crippen LogP contribution in [0.25, 0.3) is 0 Å². The zero-order chi connectivity index (χ0) is 14.3. The fourth-order valence-corrected chi connectivity index (χ4v) is 3.05. The van der Waals surface area contributed by atoms with E-state index < -0.39 is 0 Å². The maximum Gasteiger partial charge on any atom is 0.186 e. The standard InChI is InChI=1S/C15H25NO2S/c1-5-13(6-2)16(9-10-18-4)11-14(17)15-8-7-12(3)19-15/h7-8,13H,5-6,9-11H2,1-4H3. The van der Waals surface area contributed by atoms with Crippen molar-refractivity contribution >= 4 is 17.1 Å². The number of Topliss-reactive ketones (excluding diaryl/α,β-unsaturated/α-hetero) is 1. The number of ketones is 1. The first-order valence-corrected chi connectivity index (χ1v) is 7.76. The number of carbonyl (C=O) groups is 1. The van der Waals surface area contributed by atoms with Crippen molar-refractivity contribution in [3.05, 3.63) is 21.9 Å². The number of hydrogen-bond acceptors (Lipinski definition) is 4. The molecule has 1 rings (SSSR count).